The minimum Gasteiger partial charge on any atom is -0.487 e. The van der Waals surface area contributed by atoms with Gasteiger partial charge in [0.1, 0.15) is 17.7 Å². The number of rotatable bonds is 5. The monoisotopic (exact) mass is 409 g/mol. The quantitative estimate of drug-likeness (QED) is 0.645. The van der Waals surface area contributed by atoms with Gasteiger partial charge in [-0.1, -0.05) is 6.07 Å². The van der Waals surface area contributed by atoms with Gasteiger partial charge >= 0.3 is 0 Å². The molecule has 148 valence electrons. The Hall–Kier alpha value is -3.06. The van der Waals surface area contributed by atoms with E-state index in [9.17, 15) is 9.18 Å². The van der Waals surface area contributed by atoms with Gasteiger partial charge in [-0.3, -0.25) is 9.78 Å². The molecule has 0 spiro atoms. The third kappa shape index (κ3) is 4.19. The zero-order chi connectivity index (χ0) is 20.4. The first-order valence-electron chi connectivity index (χ1n) is 9.29. The first-order valence-corrected chi connectivity index (χ1v) is 10.2. The number of aryl methyl sites for hydroxylation is 2. The van der Waals surface area contributed by atoms with Crippen molar-refractivity contribution in [1.29, 1.82) is 0 Å². The summed E-state index contributed by atoms with van der Waals surface area (Å²) < 4.78 is 20.4. The molecule has 1 aromatic carbocycles. The number of hydrogen-bond acceptors (Lipinski definition) is 5. The van der Waals surface area contributed by atoms with Crippen molar-refractivity contribution in [3.63, 3.8) is 0 Å². The number of carbonyl (C=O) groups excluding carboxylic acids is 1. The van der Waals surface area contributed by atoms with Gasteiger partial charge in [0.2, 0.25) is 5.91 Å². The highest BCUT2D eigenvalue weighted by molar-refractivity contribution is 7.10. The standard InChI is InChI=1S/C22H20FN3O2S/c1-13-11-24-14(2)21(26-13)17-6-7-19(23)18-10-15(28-22(17)18)12-25-20(27)8-5-16-4-3-9-29-16/h3-9,11,15H,10,12H2,1-2H3,(H,25,27)/b8-5+/t15-/m0/s1. The van der Waals surface area contributed by atoms with Crippen LogP contribution in [-0.4, -0.2) is 28.5 Å². The maximum atomic E-state index is 14.4. The van der Waals surface area contributed by atoms with E-state index < -0.39 is 0 Å². The van der Waals surface area contributed by atoms with Crippen LogP contribution in [0.15, 0.2) is 41.9 Å². The third-order valence-electron chi connectivity index (χ3n) is 4.70. The molecule has 3 heterocycles. The lowest BCUT2D eigenvalue weighted by atomic mass is 10.0. The number of nitrogens with one attached hydrogen (secondary N) is 1. The summed E-state index contributed by atoms with van der Waals surface area (Å²) in [6.07, 6.45) is 5.01. The lowest BCUT2D eigenvalue weighted by Crippen LogP contribution is -2.33. The Morgan fingerprint density at radius 3 is 3.03 bits per heavy atom. The van der Waals surface area contributed by atoms with Gasteiger partial charge in [0.05, 0.1) is 23.6 Å². The van der Waals surface area contributed by atoms with E-state index >= 15 is 0 Å². The van der Waals surface area contributed by atoms with Crippen LogP contribution in [0, 0.1) is 19.7 Å². The number of nitrogens with zero attached hydrogens (tertiary/aromatic N) is 2. The van der Waals surface area contributed by atoms with E-state index in [-0.39, 0.29) is 17.8 Å². The third-order valence-corrected chi connectivity index (χ3v) is 5.53. The number of fused-ring (bicyclic) bond motifs is 1. The van der Waals surface area contributed by atoms with Crippen LogP contribution < -0.4 is 10.1 Å². The van der Waals surface area contributed by atoms with Gasteiger partial charge in [0.15, 0.2) is 0 Å². The highest BCUT2D eigenvalue weighted by Gasteiger charge is 2.30. The molecule has 0 aliphatic carbocycles. The maximum Gasteiger partial charge on any atom is 0.244 e. The van der Waals surface area contributed by atoms with Crippen molar-refractivity contribution in [1.82, 2.24) is 15.3 Å². The molecule has 0 saturated carbocycles. The Labute approximate surface area is 172 Å². The molecule has 1 aliphatic rings. The summed E-state index contributed by atoms with van der Waals surface area (Å²) in [5.41, 5.74) is 3.46. The smallest absolute Gasteiger partial charge is 0.244 e. The Morgan fingerprint density at radius 2 is 2.24 bits per heavy atom. The molecule has 1 amide bonds. The number of carbonyl (C=O) groups is 1. The number of aromatic nitrogens is 2. The average Bonchev–Trinajstić information content (AvgIpc) is 3.37. The maximum absolute atomic E-state index is 14.4. The van der Waals surface area contributed by atoms with Crippen LogP contribution in [0.4, 0.5) is 4.39 Å². The van der Waals surface area contributed by atoms with Crippen molar-refractivity contribution in [2.24, 2.45) is 0 Å². The summed E-state index contributed by atoms with van der Waals surface area (Å²) >= 11 is 1.56. The molecule has 1 aliphatic heterocycles. The van der Waals surface area contributed by atoms with Crippen molar-refractivity contribution in [3.05, 3.63) is 69.6 Å². The van der Waals surface area contributed by atoms with Gasteiger partial charge in [0.25, 0.3) is 0 Å². The van der Waals surface area contributed by atoms with E-state index in [0.29, 0.717) is 30.0 Å². The molecule has 0 unspecified atom stereocenters. The van der Waals surface area contributed by atoms with E-state index in [2.05, 4.69) is 15.3 Å². The zero-order valence-corrected chi connectivity index (χ0v) is 16.9. The molecular formula is C22H20FN3O2S. The van der Waals surface area contributed by atoms with Crippen LogP contribution in [0.5, 0.6) is 5.75 Å². The van der Waals surface area contributed by atoms with E-state index in [1.165, 1.54) is 12.1 Å². The summed E-state index contributed by atoms with van der Waals surface area (Å²) in [6, 6.07) is 6.98. The van der Waals surface area contributed by atoms with Gasteiger partial charge < -0.3 is 10.1 Å². The lowest BCUT2D eigenvalue weighted by Gasteiger charge is -2.13. The van der Waals surface area contributed by atoms with E-state index in [0.717, 1.165) is 21.8 Å². The minimum absolute atomic E-state index is 0.209. The van der Waals surface area contributed by atoms with Crippen molar-refractivity contribution < 1.29 is 13.9 Å². The first-order chi connectivity index (χ1) is 14.0. The van der Waals surface area contributed by atoms with Gasteiger partial charge in [-0.05, 0) is 43.5 Å². The molecular weight excluding hydrogens is 389 g/mol. The molecule has 0 fully saturated rings. The Balaban J connectivity index is 1.48. The molecule has 2 aromatic heterocycles. The van der Waals surface area contributed by atoms with E-state index in [1.807, 2.05) is 31.4 Å². The fraction of sp³-hybridized carbons (Fsp3) is 0.227. The number of benzene rings is 1. The van der Waals surface area contributed by atoms with Crippen molar-refractivity contribution in [2.45, 2.75) is 26.4 Å². The van der Waals surface area contributed by atoms with Gasteiger partial charge in [-0.15, -0.1) is 11.3 Å². The number of ether oxygens (including phenoxy) is 1. The van der Waals surface area contributed by atoms with Crippen molar-refractivity contribution in [2.75, 3.05) is 6.54 Å². The second-order valence-electron chi connectivity index (χ2n) is 6.89. The highest BCUT2D eigenvalue weighted by atomic mass is 32.1. The lowest BCUT2D eigenvalue weighted by molar-refractivity contribution is -0.116. The molecule has 5 nitrogen and oxygen atoms in total. The van der Waals surface area contributed by atoms with Gasteiger partial charge in [-0.25, -0.2) is 9.37 Å². The topological polar surface area (TPSA) is 64.1 Å². The van der Waals surface area contributed by atoms with Crippen LogP contribution >= 0.6 is 11.3 Å². The molecule has 0 saturated heterocycles. The van der Waals surface area contributed by atoms with Crippen LogP contribution in [0.25, 0.3) is 17.3 Å². The van der Waals surface area contributed by atoms with Crippen LogP contribution in [0.2, 0.25) is 0 Å². The van der Waals surface area contributed by atoms with Crippen molar-refractivity contribution in [3.8, 4) is 17.0 Å². The summed E-state index contributed by atoms with van der Waals surface area (Å²) in [4.78, 5) is 22.0. The number of halogens is 1. The second-order valence-corrected chi connectivity index (χ2v) is 7.87. The first kappa shape index (κ1) is 19.3. The molecule has 29 heavy (non-hydrogen) atoms. The highest BCUT2D eigenvalue weighted by Crippen LogP contribution is 2.40. The predicted octanol–water partition coefficient (Wildman–Crippen LogP) is 4.09. The molecule has 0 bridgehead atoms. The largest absolute Gasteiger partial charge is 0.487 e. The summed E-state index contributed by atoms with van der Waals surface area (Å²) in [5.74, 6) is -0.0335. The Kier molecular flexibility index (Phi) is 5.40. The zero-order valence-electron chi connectivity index (χ0n) is 16.1. The van der Waals surface area contributed by atoms with Crippen LogP contribution in [0.3, 0.4) is 0 Å². The van der Waals surface area contributed by atoms with Crippen LogP contribution in [0.1, 0.15) is 21.8 Å². The van der Waals surface area contributed by atoms with E-state index in [4.69, 9.17) is 4.74 Å². The SMILES string of the molecule is Cc1cnc(C)c(-c2ccc(F)c3c2O[C@H](CNC(=O)/C=C/c2cccs2)C3)n1. The molecule has 1 atom stereocenters. The number of hydrogen-bond donors (Lipinski definition) is 1. The predicted molar refractivity (Wildman–Crippen MR) is 111 cm³/mol. The fourth-order valence-electron chi connectivity index (χ4n) is 3.27. The van der Waals surface area contributed by atoms with Crippen LogP contribution in [-0.2, 0) is 11.2 Å². The molecule has 1 N–H and O–H groups in total. The molecule has 4 rings (SSSR count). The Morgan fingerprint density at radius 1 is 1.38 bits per heavy atom. The normalized spacial score (nSPS) is 15.3. The van der Waals surface area contributed by atoms with Crippen molar-refractivity contribution >= 4 is 23.3 Å². The summed E-state index contributed by atoms with van der Waals surface area (Å²) in [7, 11) is 0. The minimum atomic E-state index is -0.335. The van der Waals surface area contributed by atoms with E-state index in [1.54, 1.807) is 29.7 Å². The second kappa shape index (κ2) is 8.13. The molecule has 0 radical (unpaired) electrons. The Bertz CT molecular complexity index is 1080. The molecule has 7 heteroatoms. The number of amides is 1. The average molecular weight is 409 g/mol. The molecule has 3 aromatic rings. The van der Waals surface area contributed by atoms with Gasteiger partial charge in [-0.2, -0.15) is 0 Å². The fourth-order valence-corrected chi connectivity index (χ4v) is 3.89. The summed E-state index contributed by atoms with van der Waals surface area (Å²) in [6.45, 7) is 4.02. The van der Waals surface area contributed by atoms with Gasteiger partial charge in [0, 0.05) is 34.7 Å². The summed E-state index contributed by atoms with van der Waals surface area (Å²) in [5, 5.41) is 4.78. The number of thiophene rings is 1.